The van der Waals surface area contributed by atoms with Gasteiger partial charge in [-0.05, 0) is 49.3 Å². The van der Waals surface area contributed by atoms with Crippen LogP contribution in [0.4, 0.5) is 17.5 Å². The van der Waals surface area contributed by atoms with Crippen molar-refractivity contribution in [2.45, 2.75) is 64.4 Å². The van der Waals surface area contributed by atoms with Crippen LogP contribution in [0, 0.1) is 0 Å². The zero-order valence-corrected chi connectivity index (χ0v) is 28.3. The zero-order valence-electron chi connectivity index (χ0n) is 28.3. The monoisotopic (exact) mass is 665 g/mol. The number of para-hydroxylation sites is 1. The van der Waals surface area contributed by atoms with E-state index in [9.17, 15) is 5.11 Å². The van der Waals surface area contributed by atoms with Gasteiger partial charge >= 0.3 is 0 Å². The molecule has 0 unspecified atom stereocenters. The van der Waals surface area contributed by atoms with Crippen LogP contribution < -0.4 is 10.6 Å². The van der Waals surface area contributed by atoms with Crippen molar-refractivity contribution in [3.63, 3.8) is 0 Å². The van der Waals surface area contributed by atoms with Gasteiger partial charge in [0.15, 0.2) is 17.0 Å². The molecule has 0 spiro atoms. The summed E-state index contributed by atoms with van der Waals surface area (Å²) < 4.78 is 21.5. The fourth-order valence-corrected chi connectivity index (χ4v) is 6.17. The number of benzene rings is 3. The average molecular weight is 666 g/mol. The Kier molecular flexibility index (Phi) is 12.2. The highest BCUT2D eigenvalue weighted by molar-refractivity contribution is 5.86. The lowest BCUT2D eigenvalue weighted by Crippen LogP contribution is -2.39. The number of aliphatic hydroxyl groups excluding tert-OH is 1. The first-order chi connectivity index (χ1) is 24.1. The van der Waals surface area contributed by atoms with Gasteiger partial charge in [-0.25, -0.2) is 4.98 Å². The van der Waals surface area contributed by atoms with Crippen LogP contribution in [-0.2, 0) is 34.0 Å². The molecule has 3 aromatic carbocycles. The van der Waals surface area contributed by atoms with Crippen molar-refractivity contribution in [2.24, 2.45) is 0 Å². The average Bonchev–Trinajstić information content (AvgIpc) is 3.71. The highest BCUT2D eigenvalue weighted by Gasteiger charge is 2.46. The van der Waals surface area contributed by atoms with Gasteiger partial charge in [0.1, 0.15) is 24.4 Å². The number of aromatic nitrogens is 4. The SMILES string of the molecule is CCN(CC)CCCNc1nc(Nc2ccccc2)c2ncn(C[C@@H]3O[C@H](CO)[C@@H](OCc4ccccc4)[C@@H]3OCc3ccccc3)c2n1. The lowest BCUT2D eigenvalue weighted by Gasteiger charge is -2.25. The first-order valence-corrected chi connectivity index (χ1v) is 17.2. The van der Waals surface area contributed by atoms with E-state index in [1.807, 2.05) is 95.6 Å². The normalized spacial score (nSPS) is 19.1. The molecule has 1 saturated heterocycles. The second-order valence-corrected chi connectivity index (χ2v) is 12.2. The topological polar surface area (TPSA) is 119 Å². The Morgan fingerprint density at radius 3 is 2.04 bits per heavy atom. The van der Waals surface area contributed by atoms with E-state index in [-0.39, 0.29) is 6.61 Å². The zero-order chi connectivity index (χ0) is 33.8. The molecule has 0 saturated carbocycles. The van der Waals surface area contributed by atoms with E-state index in [0.29, 0.717) is 42.7 Å². The van der Waals surface area contributed by atoms with Crippen LogP contribution in [0.5, 0.6) is 0 Å². The summed E-state index contributed by atoms with van der Waals surface area (Å²) in [6.45, 7) is 9.11. The summed E-state index contributed by atoms with van der Waals surface area (Å²) >= 11 is 0. The molecular formula is C38H47N7O4. The Bertz CT molecular complexity index is 1700. The fraction of sp³-hybridized carbons (Fsp3) is 0.395. The number of rotatable bonds is 18. The molecule has 11 nitrogen and oxygen atoms in total. The number of hydrogen-bond acceptors (Lipinski definition) is 10. The molecule has 1 aliphatic rings. The summed E-state index contributed by atoms with van der Waals surface area (Å²) in [5, 5.41) is 17.3. The van der Waals surface area contributed by atoms with Crippen molar-refractivity contribution >= 4 is 28.6 Å². The number of nitrogens with one attached hydrogen (secondary N) is 2. The predicted octanol–water partition coefficient (Wildman–Crippen LogP) is 5.64. The molecule has 6 rings (SSSR count). The van der Waals surface area contributed by atoms with Crippen molar-refractivity contribution in [1.29, 1.82) is 0 Å². The summed E-state index contributed by atoms with van der Waals surface area (Å²) in [6, 6.07) is 30.0. The van der Waals surface area contributed by atoms with E-state index in [4.69, 9.17) is 29.2 Å². The predicted molar refractivity (Wildman–Crippen MR) is 192 cm³/mol. The van der Waals surface area contributed by atoms with Crippen molar-refractivity contribution in [2.75, 3.05) is 43.4 Å². The molecule has 258 valence electrons. The number of nitrogens with zero attached hydrogens (tertiary/aromatic N) is 5. The largest absolute Gasteiger partial charge is 0.394 e. The van der Waals surface area contributed by atoms with E-state index in [2.05, 4.69) is 29.4 Å². The van der Waals surface area contributed by atoms with Gasteiger partial charge in [0.05, 0.1) is 32.7 Å². The number of anilines is 3. The van der Waals surface area contributed by atoms with E-state index in [1.54, 1.807) is 6.33 Å². The minimum atomic E-state index is -0.558. The highest BCUT2D eigenvalue weighted by atomic mass is 16.6. The van der Waals surface area contributed by atoms with Crippen LogP contribution in [0.15, 0.2) is 97.3 Å². The lowest BCUT2D eigenvalue weighted by molar-refractivity contribution is -0.0838. The van der Waals surface area contributed by atoms with Crippen LogP contribution in [-0.4, -0.2) is 86.7 Å². The molecule has 5 aromatic rings. The summed E-state index contributed by atoms with van der Waals surface area (Å²) in [6.07, 6.45) is 0.792. The smallest absolute Gasteiger partial charge is 0.226 e. The van der Waals surface area contributed by atoms with Crippen molar-refractivity contribution < 1.29 is 19.3 Å². The van der Waals surface area contributed by atoms with Crippen LogP contribution in [0.2, 0.25) is 0 Å². The molecule has 0 radical (unpaired) electrons. The standard InChI is InChI=1S/C38H47N7O4/c1-3-44(4-2)22-14-21-39-38-42-36(41-30-19-12-7-13-20-30)33-37(43-38)45(27-40-33)23-31-34(47-25-28-15-8-5-9-16-28)35(32(24-46)49-31)48-26-29-17-10-6-11-18-29/h5-13,15-20,27,31-32,34-35,46H,3-4,14,21-26H2,1-2H3,(H2,39,41,42,43)/t31-,32+,34+,35+/m0/s1. The number of imidazole rings is 1. The summed E-state index contributed by atoms with van der Waals surface area (Å²) in [5.74, 6) is 1.14. The Balaban J connectivity index is 1.26. The molecule has 1 fully saturated rings. The Morgan fingerprint density at radius 1 is 0.816 bits per heavy atom. The third-order valence-corrected chi connectivity index (χ3v) is 8.86. The van der Waals surface area contributed by atoms with Crippen LogP contribution in [0.25, 0.3) is 11.2 Å². The number of hydrogen-bond donors (Lipinski definition) is 3. The van der Waals surface area contributed by atoms with Crippen molar-refractivity contribution in [3.8, 4) is 0 Å². The second-order valence-electron chi connectivity index (χ2n) is 12.2. The first-order valence-electron chi connectivity index (χ1n) is 17.2. The maximum absolute atomic E-state index is 10.4. The molecule has 49 heavy (non-hydrogen) atoms. The van der Waals surface area contributed by atoms with Gasteiger partial charge in [-0.1, -0.05) is 92.7 Å². The summed E-state index contributed by atoms with van der Waals surface area (Å²) in [4.78, 5) is 16.9. The molecule has 11 heteroatoms. The Morgan fingerprint density at radius 2 is 1.43 bits per heavy atom. The lowest BCUT2D eigenvalue weighted by atomic mass is 10.1. The van der Waals surface area contributed by atoms with Gasteiger partial charge in [0.25, 0.3) is 0 Å². The molecule has 1 aliphatic heterocycles. The minimum absolute atomic E-state index is 0.194. The second kappa shape index (κ2) is 17.3. The quantitative estimate of drug-likeness (QED) is 0.101. The molecule has 3 heterocycles. The van der Waals surface area contributed by atoms with Crippen LogP contribution in [0.3, 0.4) is 0 Å². The fourth-order valence-electron chi connectivity index (χ4n) is 6.17. The maximum Gasteiger partial charge on any atom is 0.226 e. The number of aliphatic hydroxyl groups is 1. The maximum atomic E-state index is 10.4. The molecule has 0 amide bonds. The molecule has 0 bridgehead atoms. The van der Waals surface area contributed by atoms with Gasteiger partial charge in [-0.2, -0.15) is 9.97 Å². The van der Waals surface area contributed by atoms with E-state index in [0.717, 1.165) is 49.4 Å². The minimum Gasteiger partial charge on any atom is -0.394 e. The van der Waals surface area contributed by atoms with Crippen molar-refractivity contribution in [3.05, 3.63) is 108 Å². The molecule has 2 aromatic heterocycles. The Labute approximate surface area is 288 Å². The van der Waals surface area contributed by atoms with Gasteiger partial charge in [-0.15, -0.1) is 0 Å². The number of fused-ring (bicyclic) bond motifs is 1. The highest BCUT2D eigenvalue weighted by Crippen LogP contribution is 2.31. The summed E-state index contributed by atoms with van der Waals surface area (Å²) in [7, 11) is 0. The van der Waals surface area contributed by atoms with E-state index >= 15 is 0 Å². The third kappa shape index (κ3) is 9.00. The van der Waals surface area contributed by atoms with Crippen LogP contribution in [0.1, 0.15) is 31.4 Å². The first kappa shape index (κ1) is 34.5. The van der Waals surface area contributed by atoms with Gasteiger partial charge in [0.2, 0.25) is 5.95 Å². The van der Waals surface area contributed by atoms with Crippen LogP contribution >= 0.6 is 0 Å². The molecule has 4 atom stereocenters. The molecule has 0 aliphatic carbocycles. The molecule has 3 N–H and O–H groups in total. The van der Waals surface area contributed by atoms with E-state index in [1.165, 1.54) is 0 Å². The van der Waals surface area contributed by atoms with Gasteiger partial charge in [-0.3, -0.25) is 0 Å². The summed E-state index contributed by atoms with van der Waals surface area (Å²) in [5.41, 5.74) is 4.30. The molecular weight excluding hydrogens is 618 g/mol. The van der Waals surface area contributed by atoms with E-state index < -0.39 is 24.4 Å². The third-order valence-electron chi connectivity index (χ3n) is 8.86. The number of ether oxygens (including phenoxy) is 3. The van der Waals surface area contributed by atoms with Crippen molar-refractivity contribution in [1.82, 2.24) is 24.4 Å². The van der Waals surface area contributed by atoms with Gasteiger partial charge in [0, 0.05) is 12.2 Å². The Hall–Kier alpha value is -4.39. The van der Waals surface area contributed by atoms with Gasteiger partial charge < -0.3 is 39.4 Å².